The van der Waals surface area contributed by atoms with Crippen LogP contribution in [-0.2, 0) is 13.6 Å². The van der Waals surface area contributed by atoms with Crippen LogP contribution >= 0.6 is 0 Å². The highest BCUT2D eigenvalue weighted by Crippen LogP contribution is 2.30. The minimum Gasteiger partial charge on any atom is -0.378 e. The maximum absolute atomic E-state index is 13.7. The number of nitriles is 1. The first-order valence-corrected chi connectivity index (χ1v) is 15.8. The molecular weight excluding hydrogens is 588 g/mol. The van der Waals surface area contributed by atoms with Gasteiger partial charge in [0.2, 0.25) is 5.95 Å². The number of carbonyl (C=O) groups excluding carboxylic acids is 1. The Hall–Kier alpha value is -5.76. The van der Waals surface area contributed by atoms with Crippen LogP contribution in [0.5, 0.6) is 0 Å². The van der Waals surface area contributed by atoms with Gasteiger partial charge in [-0.25, -0.2) is 19.7 Å². The summed E-state index contributed by atoms with van der Waals surface area (Å²) >= 11 is 0. The van der Waals surface area contributed by atoms with Crippen molar-refractivity contribution in [2.75, 3.05) is 29.2 Å². The molecule has 1 aliphatic rings. The van der Waals surface area contributed by atoms with Gasteiger partial charge in [-0.05, 0) is 55.5 Å². The first-order chi connectivity index (χ1) is 22.9. The summed E-state index contributed by atoms with van der Waals surface area (Å²) in [7, 11) is 5.86. The Kier molecular flexibility index (Phi) is 9.38. The number of pyridine rings is 1. The first-order valence-electron chi connectivity index (χ1n) is 15.8. The lowest BCUT2D eigenvalue weighted by Crippen LogP contribution is -2.49. The molecule has 2 N–H and O–H groups in total. The lowest BCUT2D eigenvalue weighted by Gasteiger charge is -2.36. The van der Waals surface area contributed by atoms with E-state index in [1.807, 2.05) is 99.0 Å². The Bertz CT molecular complexity index is 1840. The fourth-order valence-corrected chi connectivity index (χ4v) is 5.92. The number of aryl methyl sites for hydroxylation is 1. The third-order valence-electron chi connectivity index (χ3n) is 8.50. The van der Waals surface area contributed by atoms with Gasteiger partial charge >= 0.3 is 6.03 Å². The van der Waals surface area contributed by atoms with Gasteiger partial charge in [0, 0.05) is 74.5 Å². The molecule has 3 heterocycles. The summed E-state index contributed by atoms with van der Waals surface area (Å²) in [5.74, 6) is 1.10. The second-order valence-electron chi connectivity index (χ2n) is 12.0. The van der Waals surface area contributed by atoms with Gasteiger partial charge in [-0.2, -0.15) is 10.4 Å². The lowest BCUT2D eigenvalue weighted by molar-refractivity contribution is 0.240. The number of hydrogen-bond acceptors (Lipinski definition) is 8. The van der Waals surface area contributed by atoms with E-state index in [0.29, 0.717) is 29.6 Å². The quantitative estimate of drug-likeness (QED) is 0.203. The first kappa shape index (κ1) is 31.2. The molecule has 0 spiro atoms. The third kappa shape index (κ3) is 7.39. The van der Waals surface area contributed by atoms with E-state index in [-0.39, 0.29) is 18.1 Å². The van der Waals surface area contributed by atoms with Crippen LogP contribution in [-0.4, -0.2) is 56.9 Å². The standard InChI is InChI=1S/C36H38N10O/c1-44(2)31-14-9-26(10-15-31)34-28(19-37)22-39-35(43-34)42-30-12-16-32(17-13-30)46(36(47)40-20-25-7-5-4-6-8-25)33-18-11-27(21-38-33)29-23-41-45(3)24-29/h4-11,14-15,18,21-24,30,32H,12-13,16-17,20H2,1-3H3,(H,40,47)(H,39,42,43). The van der Waals surface area contributed by atoms with E-state index in [9.17, 15) is 10.1 Å². The molecule has 1 aliphatic carbocycles. The molecule has 5 aromatic rings. The van der Waals surface area contributed by atoms with Gasteiger partial charge in [0.25, 0.3) is 0 Å². The highest BCUT2D eigenvalue weighted by atomic mass is 16.2. The summed E-state index contributed by atoms with van der Waals surface area (Å²) < 4.78 is 1.76. The van der Waals surface area contributed by atoms with Gasteiger partial charge in [-0.3, -0.25) is 9.58 Å². The molecule has 11 nitrogen and oxygen atoms in total. The average Bonchev–Trinajstić information content (AvgIpc) is 3.55. The van der Waals surface area contributed by atoms with Gasteiger partial charge in [-0.15, -0.1) is 0 Å². The van der Waals surface area contributed by atoms with Crippen LogP contribution in [0.2, 0.25) is 0 Å². The van der Waals surface area contributed by atoms with Crippen LogP contribution in [0.1, 0.15) is 36.8 Å². The lowest BCUT2D eigenvalue weighted by atomic mass is 9.90. The molecule has 0 saturated heterocycles. The van der Waals surface area contributed by atoms with E-state index in [4.69, 9.17) is 9.97 Å². The summed E-state index contributed by atoms with van der Waals surface area (Å²) in [6.45, 7) is 0.428. The van der Waals surface area contributed by atoms with Crippen LogP contribution in [0.4, 0.5) is 22.2 Å². The number of amides is 2. The van der Waals surface area contributed by atoms with Crippen LogP contribution in [0.15, 0.2) is 91.5 Å². The van der Waals surface area contributed by atoms with Gasteiger partial charge in [0.15, 0.2) is 0 Å². The molecule has 6 rings (SSSR count). The average molecular weight is 627 g/mol. The fourth-order valence-electron chi connectivity index (χ4n) is 5.92. The topological polar surface area (TPSA) is 128 Å². The minimum absolute atomic E-state index is 0.0341. The number of rotatable bonds is 9. The summed E-state index contributed by atoms with van der Waals surface area (Å²) in [6, 6.07) is 23.9. The predicted octanol–water partition coefficient (Wildman–Crippen LogP) is 6.02. The van der Waals surface area contributed by atoms with Crippen molar-refractivity contribution in [1.82, 2.24) is 30.0 Å². The van der Waals surface area contributed by atoms with E-state index in [2.05, 4.69) is 26.8 Å². The molecule has 47 heavy (non-hydrogen) atoms. The Morgan fingerprint density at radius 1 is 0.915 bits per heavy atom. The van der Waals surface area contributed by atoms with Crippen molar-refractivity contribution in [3.63, 3.8) is 0 Å². The number of urea groups is 1. The van der Waals surface area contributed by atoms with Crippen molar-refractivity contribution in [2.24, 2.45) is 7.05 Å². The molecule has 0 radical (unpaired) electrons. The van der Waals surface area contributed by atoms with Crippen molar-refractivity contribution in [2.45, 2.75) is 44.3 Å². The van der Waals surface area contributed by atoms with Gasteiger partial charge in [0.05, 0.1) is 23.7 Å². The van der Waals surface area contributed by atoms with E-state index >= 15 is 0 Å². The molecular formula is C36H38N10O. The number of anilines is 3. The number of aromatic nitrogens is 5. The molecule has 0 unspecified atom stereocenters. The molecule has 1 saturated carbocycles. The molecule has 0 aliphatic heterocycles. The number of benzene rings is 2. The summed E-state index contributed by atoms with van der Waals surface area (Å²) in [6.07, 6.45) is 10.3. The summed E-state index contributed by atoms with van der Waals surface area (Å²) in [5.41, 5.74) is 5.90. The van der Waals surface area contributed by atoms with E-state index in [0.717, 1.165) is 53.6 Å². The van der Waals surface area contributed by atoms with Crippen molar-refractivity contribution >= 4 is 23.5 Å². The van der Waals surface area contributed by atoms with Crippen LogP contribution in [0, 0.1) is 11.3 Å². The number of nitrogens with zero attached hydrogens (tertiary/aromatic N) is 8. The van der Waals surface area contributed by atoms with Crippen molar-refractivity contribution in [3.8, 4) is 28.5 Å². The molecule has 238 valence electrons. The Morgan fingerprint density at radius 2 is 1.66 bits per heavy atom. The molecule has 11 heteroatoms. The van der Waals surface area contributed by atoms with Crippen LogP contribution in [0.3, 0.4) is 0 Å². The Balaban J connectivity index is 1.16. The molecule has 2 aromatic carbocycles. The Labute approximate surface area is 274 Å². The predicted molar refractivity (Wildman–Crippen MR) is 184 cm³/mol. The SMILES string of the molecule is CN(C)c1ccc(-c2nc(NC3CCC(N(C(=O)NCc4ccccc4)c4ccc(-c5cnn(C)c5)cn4)CC3)ncc2C#N)cc1. The van der Waals surface area contributed by atoms with Crippen molar-refractivity contribution in [3.05, 3.63) is 103 Å². The normalized spacial score (nSPS) is 15.8. The number of hydrogen-bond donors (Lipinski definition) is 2. The van der Waals surface area contributed by atoms with E-state index < -0.39 is 0 Å². The molecule has 0 atom stereocenters. The highest BCUT2D eigenvalue weighted by Gasteiger charge is 2.31. The monoisotopic (exact) mass is 626 g/mol. The van der Waals surface area contributed by atoms with Crippen LogP contribution < -0.4 is 20.4 Å². The third-order valence-corrected chi connectivity index (χ3v) is 8.50. The largest absolute Gasteiger partial charge is 0.378 e. The second-order valence-corrected chi connectivity index (χ2v) is 12.0. The summed E-state index contributed by atoms with van der Waals surface area (Å²) in [4.78, 5) is 31.5. The minimum atomic E-state index is -0.174. The molecule has 0 bridgehead atoms. The highest BCUT2D eigenvalue weighted by molar-refractivity contribution is 5.91. The zero-order valence-corrected chi connectivity index (χ0v) is 26.8. The van der Waals surface area contributed by atoms with E-state index in [1.165, 1.54) is 0 Å². The van der Waals surface area contributed by atoms with E-state index in [1.54, 1.807) is 28.2 Å². The maximum atomic E-state index is 13.7. The molecule has 1 fully saturated rings. The maximum Gasteiger partial charge on any atom is 0.323 e. The van der Waals surface area contributed by atoms with Crippen molar-refractivity contribution in [1.29, 1.82) is 5.26 Å². The van der Waals surface area contributed by atoms with Crippen LogP contribution in [0.25, 0.3) is 22.4 Å². The van der Waals surface area contributed by atoms with Gasteiger partial charge < -0.3 is 15.5 Å². The van der Waals surface area contributed by atoms with Gasteiger partial charge in [0.1, 0.15) is 11.9 Å². The van der Waals surface area contributed by atoms with Crippen molar-refractivity contribution < 1.29 is 4.79 Å². The zero-order chi connectivity index (χ0) is 32.8. The summed E-state index contributed by atoms with van der Waals surface area (Å²) in [5, 5.41) is 20.6. The fraction of sp³-hybridized carbons (Fsp3) is 0.278. The second kappa shape index (κ2) is 14.1. The number of nitrogens with one attached hydrogen (secondary N) is 2. The molecule has 3 aromatic heterocycles. The number of carbonyl (C=O) groups is 1. The zero-order valence-electron chi connectivity index (χ0n) is 26.8. The Morgan fingerprint density at radius 3 is 2.30 bits per heavy atom. The smallest absolute Gasteiger partial charge is 0.323 e. The molecule has 2 amide bonds. The van der Waals surface area contributed by atoms with Gasteiger partial charge in [-0.1, -0.05) is 42.5 Å².